The standard InChI is InChI=1S/C24H22FN7O2/c1-2-31-9-4-10-32(23-20(31)8-7-18(29-23)16-11-17(25)13-26-12-16)24(33)30-22-6-3-5-19(28-22)21-14-27-15-34-21/h3,5-8,11-15H,2,4,9-10H2,1H3,(H,28,30,33). The second-order valence-electron chi connectivity index (χ2n) is 7.72. The highest BCUT2D eigenvalue weighted by molar-refractivity contribution is 6.03. The van der Waals surface area contributed by atoms with Crippen LogP contribution in [0.3, 0.4) is 0 Å². The zero-order valence-corrected chi connectivity index (χ0v) is 18.5. The number of nitrogens with one attached hydrogen (secondary N) is 1. The van der Waals surface area contributed by atoms with E-state index in [0.717, 1.165) is 31.4 Å². The van der Waals surface area contributed by atoms with E-state index in [9.17, 15) is 9.18 Å². The Morgan fingerprint density at radius 1 is 1.09 bits per heavy atom. The highest BCUT2D eigenvalue weighted by Crippen LogP contribution is 2.33. The lowest BCUT2D eigenvalue weighted by atomic mass is 10.1. The quantitative estimate of drug-likeness (QED) is 0.476. The summed E-state index contributed by atoms with van der Waals surface area (Å²) in [6, 6.07) is 10.0. The van der Waals surface area contributed by atoms with Gasteiger partial charge in [-0.05, 0) is 43.7 Å². The molecular formula is C24H22FN7O2. The molecule has 0 aromatic carbocycles. The third kappa shape index (κ3) is 4.29. The van der Waals surface area contributed by atoms with Gasteiger partial charge in [-0.15, -0.1) is 0 Å². The summed E-state index contributed by atoms with van der Waals surface area (Å²) in [7, 11) is 0. The maximum absolute atomic E-state index is 13.8. The van der Waals surface area contributed by atoms with Crippen LogP contribution < -0.4 is 15.1 Å². The number of hydrogen-bond donors (Lipinski definition) is 1. The van der Waals surface area contributed by atoms with Gasteiger partial charge >= 0.3 is 6.03 Å². The molecule has 0 atom stereocenters. The summed E-state index contributed by atoms with van der Waals surface area (Å²) in [6.45, 7) is 4.08. The SMILES string of the molecule is CCN1CCCN(C(=O)Nc2cccc(-c3cnco3)n2)c2nc(-c3cncc(F)c3)ccc21. The lowest BCUT2D eigenvalue weighted by Crippen LogP contribution is -2.36. The fraction of sp³-hybridized carbons (Fsp3) is 0.208. The third-order valence-corrected chi connectivity index (χ3v) is 5.56. The van der Waals surface area contributed by atoms with Crippen molar-refractivity contribution in [2.24, 2.45) is 0 Å². The number of halogens is 1. The highest BCUT2D eigenvalue weighted by Gasteiger charge is 2.27. The predicted octanol–water partition coefficient (Wildman–Crippen LogP) is 4.60. The van der Waals surface area contributed by atoms with E-state index in [0.29, 0.717) is 40.9 Å². The number of urea groups is 1. The van der Waals surface area contributed by atoms with Crippen LogP contribution >= 0.6 is 0 Å². The Morgan fingerprint density at radius 2 is 2.00 bits per heavy atom. The molecule has 5 rings (SSSR count). The molecule has 0 unspecified atom stereocenters. The highest BCUT2D eigenvalue weighted by atomic mass is 19.1. The van der Waals surface area contributed by atoms with Gasteiger partial charge in [-0.1, -0.05) is 6.07 Å². The largest absolute Gasteiger partial charge is 0.442 e. The Hall–Kier alpha value is -4.34. The van der Waals surface area contributed by atoms with Gasteiger partial charge in [0.15, 0.2) is 18.0 Å². The van der Waals surface area contributed by atoms with Gasteiger partial charge in [0, 0.05) is 31.4 Å². The van der Waals surface area contributed by atoms with Gasteiger partial charge in [0.25, 0.3) is 0 Å². The van der Waals surface area contributed by atoms with Crippen molar-refractivity contribution in [2.75, 3.05) is 34.8 Å². The van der Waals surface area contributed by atoms with Gasteiger partial charge in [-0.2, -0.15) is 0 Å². The molecule has 0 spiro atoms. The number of hydrogen-bond acceptors (Lipinski definition) is 7. The number of carbonyl (C=O) groups excluding carboxylic acids is 1. The normalized spacial score (nSPS) is 13.4. The molecule has 2 amide bonds. The minimum absolute atomic E-state index is 0.358. The molecule has 34 heavy (non-hydrogen) atoms. The number of oxazole rings is 1. The number of carbonyl (C=O) groups is 1. The summed E-state index contributed by atoms with van der Waals surface area (Å²) in [6.07, 6.45) is 6.35. The summed E-state index contributed by atoms with van der Waals surface area (Å²) in [4.78, 5) is 34.2. The minimum atomic E-state index is -0.447. The number of aromatic nitrogens is 4. The third-order valence-electron chi connectivity index (χ3n) is 5.56. The molecule has 1 aliphatic rings. The van der Waals surface area contributed by atoms with E-state index in [1.165, 1.54) is 12.5 Å². The van der Waals surface area contributed by atoms with Crippen molar-refractivity contribution in [1.29, 1.82) is 0 Å². The lowest BCUT2D eigenvalue weighted by Gasteiger charge is -2.25. The summed E-state index contributed by atoms with van der Waals surface area (Å²) in [5.74, 6) is 0.939. The van der Waals surface area contributed by atoms with Crippen molar-refractivity contribution in [2.45, 2.75) is 13.3 Å². The average molecular weight is 459 g/mol. The molecule has 4 aromatic rings. The Morgan fingerprint density at radius 3 is 2.79 bits per heavy atom. The second-order valence-corrected chi connectivity index (χ2v) is 7.72. The Balaban J connectivity index is 1.49. The first-order valence-electron chi connectivity index (χ1n) is 10.9. The Labute approximate surface area is 195 Å². The lowest BCUT2D eigenvalue weighted by molar-refractivity contribution is 0.256. The molecule has 10 heteroatoms. The first kappa shape index (κ1) is 21.5. The van der Waals surface area contributed by atoms with Crippen LogP contribution in [0.15, 0.2) is 65.8 Å². The first-order valence-corrected chi connectivity index (χ1v) is 10.9. The van der Waals surface area contributed by atoms with E-state index in [1.54, 1.807) is 35.5 Å². The van der Waals surface area contributed by atoms with E-state index in [2.05, 4.69) is 32.1 Å². The van der Waals surface area contributed by atoms with Crippen molar-refractivity contribution in [3.63, 3.8) is 0 Å². The van der Waals surface area contributed by atoms with Crippen LogP contribution in [0.25, 0.3) is 22.7 Å². The number of nitrogens with zero attached hydrogens (tertiary/aromatic N) is 6. The van der Waals surface area contributed by atoms with Crippen LogP contribution in [-0.2, 0) is 0 Å². The fourth-order valence-electron chi connectivity index (χ4n) is 3.93. The maximum atomic E-state index is 13.8. The van der Waals surface area contributed by atoms with Crippen molar-refractivity contribution in [1.82, 2.24) is 19.9 Å². The van der Waals surface area contributed by atoms with Gasteiger partial charge < -0.3 is 9.32 Å². The molecule has 5 heterocycles. The molecule has 0 saturated heterocycles. The smallest absolute Gasteiger partial charge is 0.328 e. The monoisotopic (exact) mass is 459 g/mol. The molecular weight excluding hydrogens is 437 g/mol. The molecule has 0 radical (unpaired) electrons. The number of fused-ring (bicyclic) bond motifs is 1. The number of pyridine rings is 3. The first-order chi connectivity index (χ1) is 16.6. The molecule has 0 fully saturated rings. The van der Waals surface area contributed by atoms with Gasteiger partial charge in [-0.3, -0.25) is 15.2 Å². The molecule has 4 aromatic heterocycles. The Bertz CT molecular complexity index is 1310. The average Bonchev–Trinajstić information content (AvgIpc) is 3.33. The van der Waals surface area contributed by atoms with Crippen molar-refractivity contribution < 1.29 is 13.6 Å². The number of anilines is 3. The van der Waals surface area contributed by atoms with E-state index in [1.807, 2.05) is 12.1 Å². The zero-order chi connectivity index (χ0) is 23.5. The zero-order valence-electron chi connectivity index (χ0n) is 18.5. The van der Waals surface area contributed by atoms with Crippen molar-refractivity contribution in [3.05, 3.63) is 67.2 Å². The van der Waals surface area contributed by atoms with Gasteiger partial charge in [0.1, 0.15) is 17.3 Å². The van der Waals surface area contributed by atoms with Gasteiger partial charge in [0.05, 0.1) is 23.8 Å². The second kappa shape index (κ2) is 9.26. The van der Waals surface area contributed by atoms with Crippen LogP contribution in [-0.4, -0.2) is 45.6 Å². The molecule has 0 saturated carbocycles. The van der Waals surface area contributed by atoms with Crippen LogP contribution in [0, 0.1) is 5.82 Å². The van der Waals surface area contributed by atoms with Crippen LogP contribution in [0.2, 0.25) is 0 Å². The molecule has 1 N–H and O–H groups in total. The fourth-order valence-corrected chi connectivity index (χ4v) is 3.93. The van der Waals surface area contributed by atoms with E-state index >= 15 is 0 Å². The summed E-state index contributed by atoms with van der Waals surface area (Å²) in [5.41, 5.74) is 2.47. The van der Waals surface area contributed by atoms with E-state index in [-0.39, 0.29) is 6.03 Å². The molecule has 0 bridgehead atoms. The Kier molecular flexibility index (Phi) is 5.86. The van der Waals surface area contributed by atoms with Crippen molar-refractivity contribution >= 4 is 23.4 Å². The predicted molar refractivity (Wildman–Crippen MR) is 126 cm³/mol. The maximum Gasteiger partial charge on any atom is 0.328 e. The molecule has 1 aliphatic heterocycles. The van der Waals surface area contributed by atoms with E-state index < -0.39 is 5.82 Å². The van der Waals surface area contributed by atoms with Crippen LogP contribution in [0.4, 0.5) is 26.5 Å². The topological polar surface area (TPSA) is 100 Å². The summed E-state index contributed by atoms with van der Waals surface area (Å²) >= 11 is 0. The minimum Gasteiger partial charge on any atom is -0.442 e. The van der Waals surface area contributed by atoms with E-state index in [4.69, 9.17) is 9.40 Å². The molecule has 0 aliphatic carbocycles. The molecule has 172 valence electrons. The summed E-state index contributed by atoms with van der Waals surface area (Å²) in [5, 5.41) is 2.87. The number of amides is 2. The van der Waals surface area contributed by atoms with Crippen LogP contribution in [0.5, 0.6) is 0 Å². The van der Waals surface area contributed by atoms with Crippen LogP contribution in [0.1, 0.15) is 13.3 Å². The number of rotatable bonds is 4. The van der Waals surface area contributed by atoms with Gasteiger partial charge in [0.2, 0.25) is 0 Å². The molecule has 9 nitrogen and oxygen atoms in total. The van der Waals surface area contributed by atoms with Crippen molar-refractivity contribution in [3.8, 4) is 22.7 Å². The van der Waals surface area contributed by atoms with Gasteiger partial charge in [-0.25, -0.2) is 24.1 Å². The summed E-state index contributed by atoms with van der Waals surface area (Å²) < 4.78 is 19.1.